The highest BCUT2D eigenvalue weighted by molar-refractivity contribution is 5.89. The van der Waals surface area contributed by atoms with Gasteiger partial charge in [-0.25, -0.2) is 19.6 Å². The molecule has 0 saturated carbocycles. The second kappa shape index (κ2) is 13.2. The smallest absolute Gasteiger partial charge is 0.410 e. The standard InChI is InChI=1S/C24H41N5O3/c1-5-6-7-8-9-10-11-12-13-21-25-18-20(19-26-21)27-22(30)28-14-16-29(17-15-28)23(31)32-24(2,3)4/h18-19H,5-17H2,1-4H3,(H,27,30). The highest BCUT2D eigenvalue weighted by Crippen LogP contribution is 2.14. The molecule has 0 unspecified atom stereocenters. The third kappa shape index (κ3) is 9.83. The fourth-order valence-electron chi connectivity index (χ4n) is 3.59. The van der Waals surface area contributed by atoms with E-state index in [2.05, 4.69) is 22.2 Å². The van der Waals surface area contributed by atoms with Gasteiger partial charge in [0.05, 0.1) is 18.1 Å². The van der Waals surface area contributed by atoms with Crippen LogP contribution in [0.15, 0.2) is 12.4 Å². The van der Waals surface area contributed by atoms with Crippen molar-refractivity contribution in [1.29, 1.82) is 0 Å². The van der Waals surface area contributed by atoms with Gasteiger partial charge in [-0.15, -0.1) is 0 Å². The number of hydrogen-bond acceptors (Lipinski definition) is 5. The van der Waals surface area contributed by atoms with Gasteiger partial charge in [-0.05, 0) is 27.2 Å². The largest absolute Gasteiger partial charge is 0.444 e. The Morgan fingerprint density at radius 3 is 2.00 bits per heavy atom. The number of amides is 3. The number of ether oxygens (including phenoxy) is 1. The summed E-state index contributed by atoms with van der Waals surface area (Å²) >= 11 is 0. The third-order valence-electron chi connectivity index (χ3n) is 5.43. The van der Waals surface area contributed by atoms with Gasteiger partial charge >= 0.3 is 12.1 Å². The molecule has 2 heterocycles. The molecule has 8 nitrogen and oxygen atoms in total. The van der Waals surface area contributed by atoms with E-state index in [1.807, 2.05) is 20.8 Å². The molecule has 1 aliphatic rings. The Labute approximate surface area is 193 Å². The quantitative estimate of drug-likeness (QED) is 0.495. The summed E-state index contributed by atoms with van der Waals surface area (Å²) in [7, 11) is 0. The Hall–Kier alpha value is -2.38. The number of unbranched alkanes of at least 4 members (excludes halogenated alkanes) is 7. The van der Waals surface area contributed by atoms with Crippen LogP contribution in [0.3, 0.4) is 0 Å². The SMILES string of the molecule is CCCCCCCCCCc1ncc(NC(=O)N2CCN(C(=O)OC(C)(C)C)CC2)cn1. The van der Waals surface area contributed by atoms with Gasteiger partial charge in [-0.3, -0.25) is 0 Å². The molecule has 0 bridgehead atoms. The average Bonchev–Trinajstić information content (AvgIpc) is 2.75. The molecule has 0 atom stereocenters. The lowest BCUT2D eigenvalue weighted by Gasteiger charge is -2.35. The number of rotatable bonds is 10. The van der Waals surface area contributed by atoms with Crippen LogP contribution in [0, 0.1) is 0 Å². The van der Waals surface area contributed by atoms with Crippen LogP contribution in [0.5, 0.6) is 0 Å². The number of anilines is 1. The topological polar surface area (TPSA) is 87.7 Å². The molecule has 8 heteroatoms. The molecular weight excluding hydrogens is 406 g/mol. The van der Waals surface area contributed by atoms with E-state index >= 15 is 0 Å². The summed E-state index contributed by atoms with van der Waals surface area (Å²) in [4.78, 5) is 36.8. The van der Waals surface area contributed by atoms with Crippen LogP contribution in [0.25, 0.3) is 0 Å². The fraction of sp³-hybridized carbons (Fsp3) is 0.750. The highest BCUT2D eigenvalue weighted by atomic mass is 16.6. The molecular formula is C24H41N5O3. The Bertz CT molecular complexity index is 695. The molecule has 1 N–H and O–H groups in total. The second-order valence-corrected chi connectivity index (χ2v) is 9.50. The van der Waals surface area contributed by atoms with Crippen molar-refractivity contribution >= 4 is 17.8 Å². The van der Waals surface area contributed by atoms with Crippen LogP contribution in [-0.4, -0.2) is 63.7 Å². The first-order valence-electron chi connectivity index (χ1n) is 12.1. The van der Waals surface area contributed by atoms with Gasteiger partial charge < -0.3 is 19.9 Å². The summed E-state index contributed by atoms with van der Waals surface area (Å²) in [5.41, 5.74) is 0.0654. The number of piperazine rings is 1. The van der Waals surface area contributed by atoms with Crippen LogP contribution < -0.4 is 5.32 Å². The molecule has 180 valence electrons. The second-order valence-electron chi connectivity index (χ2n) is 9.50. The molecule has 0 radical (unpaired) electrons. The van der Waals surface area contributed by atoms with Gasteiger partial charge in [0, 0.05) is 32.6 Å². The van der Waals surface area contributed by atoms with Crippen molar-refractivity contribution in [2.24, 2.45) is 0 Å². The van der Waals surface area contributed by atoms with Gasteiger partial charge in [0.15, 0.2) is 0 Å². The van der Waals surface area contributed by atoms with E-state index in [-0.39, 0.29) is 12.1 Å². The molecule has 0 spiro atoms. The molecule has 32 heavy (non-hydrogen) atoms. The fourth-order valence-corrected chi connectivity index (χ4v) is 3.59. The summed E-state index contributed by atoms with van der Waals surface area (Å²) in [6.07, 6.45) is 14.1. The van der Waals surface area contributed by atoms with Gasteiger partial charge in [-0.2, -0.15) is 0 Å². The van der Waals surface area contributed by atoms with E-state index in [4.69, 9.17) is 4.74 Å². The molecule has 0 aliphatic carbocycles. The normalized spacial score (nSPS) is 14.4. The van der Waals surface area contributed by atoms with Crippen molar-refractivity contribution in [1.82, 2.24) is 19.8 Å². The third-order valence-corrected chi connectivity index (χ3v) is 5.43. The monoisotopic (exact) mass is 447 g/mol. The lowest BCUT2D eigenvalue weighted by molar-refractivity contribution is 0.0174. The summed E-state index contributed by atoms with van der Waals surface area (Å²) < 4.78 is 5.39. The summed E-state index contributed by atoms with van der Waals surface area (Å²) in [6.45, 7) is 9.61. The highest BCUT2D eigenvalue weighted by Gasteiger charge is 2.27. The van der Waals surface area contributed by atoms with Crippen LogP contribution in [0.1, 0.15) is 84.9 Å². The maximum Gasteiger partial charge on any atom is 0.410 e. The van der Waals surface area contributed by atoms with Gasteiger partial charge in [0.25, 0.3) is 0 Å². The first-order valence-corrected chi connectivity index (χ1v) is 12.1. The lowest BCUT2D eigenvalue weighted by Crippen LogP contribution is -2.52. The number of carbonyl (C=O) groups excluding carboxylic acids is 2. The molecule has 1 aromatic rings. The van der Waals surface area contributed by atoms with Gasteiger partial charge in [0.1, 0.15) is 11.4 Å². The summed E-state index contributed by atoms with van der Waals surface area (Å²) in [5, 5.41) is 2.85. The van der Waals surface area contributed by atoms with Crippen LogP contribution >= 0.6 is 0 Å². The molecule has 2 rings (SSSR count). The zero-order valence-electron chi connectivity index (χ0n) is 20.4. The Morgan fingerprint density at radius 1 is 0.906 bits per heavy atom. The van der Waals surface area contributed by atoms with Crippen molar-refractivity contribution < 1.29 is 14.3 Å². The Balaban J connectivity index is 1.65. The molecule has 1 saturated heterocycles. The van der Waals surface area contributed by atoms with E-state index in [1.54, 1.807) is 22.2 Å². The van der Waals surface area contributed by atoms with Crippen molar-refractivity contribution in [3.8, 4) is 0 Å². The zero-order valence-corrected chi connectivity index (χ0v) is 20.4. The predicted octanol–water partition coefficient (Wildman–Crippen LogP) is 5.24. The maximum absolute atomic E-state index is 12.5. The van der Waals surface area contributed by atoms with Gasteiger partial charge in [0.2, 0.25) is 0 Å². The number of carbonyl (C=O) groups is 2. The van der Waals surface area contributed by atoms with Crippen molar-refractivity contribution in [3.05, 3.63) is 18.2 Å². The van der Waals surface area contributed by atoms with E-state index < -0.39 is 5.60 Å². The lowest BCUT2D eigenvalue weighted by atomic mass is 10.1. The first kappa shape index (κ1) is 25.9. The molecule has 1 aromatic heterocycles. The van der Waals surface area contributed by atoms with E-state index in [1.165, 1.54) is 44.9 Å². The molecule has 3 amide bonds. The number of hydrogen-bond donors (Lipinski definition) is 1. The van der Waals surface area contributed by atoms with E-state index in [0.717, 1.165) is 18.7 Å². The van der Waals surface area contributed by atoms with Crippen LogP contribution in [0.2, 0.25) is 0 Å². The van der Waals surface area contributed by atoms with Crippen molar-refractivity contribution in [2.45, 2.75) is 91.1 Å². The molecule has 1 aliphatic heterocycles. The molecule has 0 aromatic carbocycles. The van der Waals surface area contributed by atoms with E-state index in [0.29, 0.717) is 31.9 Å². The number of aromatic nitrogens is 2. The average molecular weight is 448 g/mol. The first-order chi connectivity index (χ1) is 15.3. The minimum absolute atomic E-state index is 0.201. The Morgan fingerprint density at radius 2 is 1.44 bits per heavy atom. The Kier molecular flexibility index (Phi) is 10.7. The van der Waals surface area contributed by atoms with Crippen LogP contribution in [0.4, 0.5) is 15.3 Å². The number of nitrogens with zero attached hydrogens (tertiary/aromatic N) is 4. The maximum atomic E-state index is 12.5. The van der Waals surface area contributed by atoms with Crippen LogP contribution in [-0.2, 0) is 11.2 Å². The van der Waals surface area contributed by atoms with Crippen molar-refractivity contribution in [2.75, 3.05) is 31.5 Å². The number of nitrogens with one attached hydrogen (secondary N) is 1. The van der Waals surface area contributed by atoms with Gasteiger partial charge in [-0.1, -0.05) is 51.9 Å². The summed E-state index contributed by atoms with van der Waals surface area (Å²) in [5.74, 6) is 0.819. The number of aryl methyl sites for hydroxylation is 1. The van der Waals surface area contributed by atoms with E-state index in [9.17, 15) is 9.59 Å². The minimum Gasteiger partial charge on any atom is -0.444 e. The number of urea groups is 1. The predicted molar refractivity (Wildman–Crippen MR) is 127 cm³/mol. The minimum atomic E-state index is -0.522. The molecule has 1 fully saturated rings. The summed E-state index contributed by atoms with van der Waals surface area (Å²) in [6, 6.07) is -0.201. The van der Waals surface area contributed by atoms with Crippen molar-refractivity contribution in [3.63, 3.8) is 0 Å². The zero-order chi connectivity index (χ0) is 23.4.